The monoisotopic (exact) mass is 313 g/mol. The third kappa shape index (κ3) is 3.11. The quantitative estimate of drug-likeness (QED) is 0.617. The number of carbonyl (C=O) groups excluding carboxylic acids is 2. The van der Waals surface area contributed by atoms with Crippen molar-refractivity contribution in [2.24, 2.45) is 17.3 Å². The van der Waals surface area contributed by atoms with Gasteiger partial charge in [0.25, 0.3) is 0 Å². The average molecular weight is 313 g/mol. The Labute approximate surface area is 135 Å². The first-order chi connectivity index (χ1) is 10.8. The van der Waals surface area contributed by atoms with Crippen molar-refractivity contribution in [1.29, 1.82) is 5.26 Å². The average Bonchev–Trinajstić information content (AvgIpc) is 3.13. The van der Waals surface area contributed by atoms with E-state index in [0.29, 0.717) is 5.56 Å². The summed E-state index contributed by atoms with van der Waals surface area (Å²) >= 11 is 0. The molecular weight excluding hydrogens is 294 g/mol. The lowest BCUT2D eigenvalue weighted by Gasteiger charge is -2.18. The lowest BCUT2D eigenvalue weighted by molar-refractivity contribution is -0.143. The molecule has 0 N–H and O–H groups in total. The fourth-order valence-corrected chi connectivity index (χ4v) is 3.00. The van der Waals surface area contributed by atoms with Crippen molar-refractivity contribution >= 4 is 11.9 Å². The molecule has 5 nitrogen and oxygen atoms in total. The van der Waals surface area contributed by atoms with Gasteiger partial charge in [-0.2, -0.15) is 5.26 Å². The van der Waals surface area contributed by atoms with Gasteiger partial charge >= 0.3 is 11.9 Å². The Morgan fingerprint density at radius 3 is 2.43 bits per heavy atom. The van der Waals surface area contributed by atoms with Gasteiger partial charge in [0.1, 0.15) is 6.10 Å². The number of nitrogens with zero attached hydrogens (tertiary/aromatic N) is 1. The van der Waals surface area contributed by atoms with E-state index < -0.39 is 23.4 Å². The van der Waals surface area contributed by atoms with E-state index in [2.05, 4.69) is 6.58 Å². The number of rotatable bonds is 5. The van der Waals surface area contributed by atoms with Crippen molar-refractivity contribution < 1.29 is 19.1 Å². The molecule has 3 atom stereocenters. The molecule has 23 heavy (non-hydrogen) atoms. The van der Waals surface area contributed by atoms with Crippen molar-refractivity contribution in [2.45, 2.75) is 20.0 Å². The van der Waals surface area contributed by atoms with Crippen molar-refractivity contribution in [3.8, 4) is 6.07 Å². The molecule has 1 aromatic rings. The summed E-state index contributed by atoms with van der Waals surface area (Å²) in [6.07, 6.45) is -0.841. The normalized spacial score (nSPS) is 22.3. The molecule has 0 saturated heterocycles. The van der Waals surface area contributed by atoms with E-state index in [1.807, 2.05) is 19.9 Å². The summed E-state index contributed by atoms with van der Waals surface area (Å²) < 4.78 is 10.3. The van der Waals surface area contributed by atoms with E-state index >= 15 is 0 Å². The van der Waals surface area contributed by atoms with Crippen molar-refractivity contribution in [1.82, 2.24) is 0 Å². The molecule has 0 aliphatic heterocycles. The van der Waals surface area contributed by atoms with Crippen LogP contribution in [0.25, 0.3) is 0 Å². The molecule has 1 saturated carbocycles. The highest BCUT2D eigenvalue weighted by Gasteiger charge is 2.67. The minimum absolute atomic E-state index is 0.124. The van der Waals surface area contributed by atoms with Crippen molar-refractivity contribution in [2.75, 3.05) is 7.11 Å². The van der Waals surface area contributed by atoms with Crippen LogP contribution < -0.4 is 0 Å². The molecule has 0 radical (unpaired) electrons. The van der Waals surface area contributed by atoms with E-state index in [0.717, 1.165) is 0 Å². The van der Waals surface area contributed by atoms with Crippen LogP contribution in [0.3, 0.4) is 0 Å². The van der Waals surface area contributed by atoms with E-state index in [9.17, 15) is 9.59 Å². The SMILES string of the molecule is C=C(C#N)C(OC(=O)c1ccccc1)C1C(C(=O)OC)C1(C)C. The van der Waals surface area contributed by atoms with Gasteiger partial charge in [-0.1, -0.05) is 38.6 Å². The second-order valence-electron chi connectivity index (χ2n) is 6.18. The first-order valence-electron chi connectivity index (χ1n) is 7.27. The summed E-state index contributed by atoms with van der Waals surface area (Å²) in [5, 5.41) is 9.16. The summed E-state index contributed by atoms with van der Waals surface area (Å²) in [6, 6.07) is 10.4. The van der Waals surface area contributed by atoms with Gasteiger partial charge in [-0.25, -0.2) is 4.79 Å². The van der Waals surface area contributed by atoms with Crippen LogP contribution in [0.15, 0.2) is 42.5 Å². The number of nitriles is 1. The number of benzene rings is 1. The fraction of sp³-hybridized carbons (Fsp3) is 0.389. The first kappa shape index (κ1) is 16.8. The molecule has 0 heterocycles. The van der Waals surface area contributed by atoms with Crippen LogP contribution in [0.4, 0.5) is 0 Å². The number of hydrogen-bond donors (Lipinski definition) is 0. The van der Waals surface area contributed by atoms with Crippen LogP contribution in [-0.4, -0.2) is 25.2 Å². The van der Waals surface area contributed by atoms with Crippen LogP contribution in [0.2, 0.25) is 0 Å². The number of hydrogen-bond acceptors (Lipinski definition) is 5. The Hall–Kier alpha value is -2.61. The Morgan fingerprint density at radius 1 is 1.30 bits per heavy atom. The number of methoxy groups -OCH3 is 1. The van der Waals surface area contributed by atoms with Gasteiger partial charge in [0.05, 0.1) is 30.2 Å². The molecule has 0 aromatic heterocycles. The lowest BCUT2D eigenvalue weighted by atomic mass is 10.0. The molecule has 1 aliphatic carbocycles. The molecule has 0 spiro atoms. The van der Waals surface area contributed by atoms with Crippen LogP contribution >= 0.6 is 0 Å². The zero-order valence-corrected chi connectivity index (χ0v) is 13.4. The van der Waals surface area contributed by atoms with Gasteiger partial charge in [0, 0.05) is 5.92 Å². The Kier molecular flexibility index (Phi) is 4.55. The topological polar surface area (TPSA) is 76.4 Å². The Bertz CT molecular complexity index is 672. The van der Waals surface area contributed by atoms with Crippen LogP contribution in [-0.2, 0) is 14.3 Å². The lowest BCUT2D eigenvalue weighted by Crippen LogP contribution is -2.25. The predicted octanol–water partition coefficient (Wildman–Crippen LogP) is 2.74. The summed E-state index contributed by atoms with van der Waals surface area (Å²) in [5.41, 5.74) is 0.0872. The van der Waals surface area contributed by atoms with Crippen molar-refractivity contribution in [3.63, 3.8) is 0 Å². The third-order valence-corrected chi connectivity index (χ3v) is 4.42. The van der Waals surface area contributed by atoms with Gasteiger partial charge in [-0.3, -0.25) is 4.79 Å². The molecule has 5 heteroatoms. The van der Waals surface area contributed by atoms with Crippen LogP contribution in [0.5, 0.6) is 0 Å². The molecule has 1 fully saturated rings. The smallest absolute Gasteiger partial charge is 0.338 e. The van der Waals surface area contributed by atoms with Gasteiger partial charge in [-0.15, -0.1) is 0 Å². The van der Waals surface area contributed by atoms with Gasteiger partial charge in [0.2, 0.25) is 0 Å². The Morgan fingerprint density at radius 2 is 1.91 bits per heavy atom. The van der Waals surface area contributed by atoms with Crippen LogP contribution in [0.1, 0.15) is 24.2 Å². The second-order valence-corrected chi connectivity index (χ2v) is 6.18. The number of carbonyl (C=O) groups is 2. The van der Waals surface area contributed by atoms with Gasteiger partial charge in [-0.05, 0) is 17.5 Å². The highest BCUT2D eigenvalue weighted by atomic mass is 16.5. The minimum Gasteiger partial charge on any atom is -0.469 e. The van der Waals surface area contributed by atoms with Crippen molar-refractivity contribution in [3.05, 3.63) is 48.0 Å². The molecule has 1 aromatic carbocycles. The van der Waals surface area contributed by atoms with E-state index in [1.54, 1.807) is 30.3 Å². The summed E-state index contributed by atoms with van der Waals surface area (Å²) in [7, 11) is 1.32. The maximum atomic E-state index is 12.3. The molecule has 120 valence electrons. The zero-order chi connectivity index (χ0) is 17.2. The van der Waals surface area contributed by atoms with Crippen LogP contribution in [0, 0.1) is 28.6 Å². The first-order valence-corrected chi connectivity index (χ1v) is 7.27. The maximum absolute atomic E-state index is 12.3. The summed E-state index contributed by atoms with van der Waals surface area (Å²) in [5.74, 6) is -1.66. The molecule has 1 aliphatic rings. The molecular formula is C18H19NO4. The highest BCUT2D eigenvalue weighted by molar-refractivity contribution is 5.89. The summed E-state index contributed by atoms with van der Waals surface area (Å²) in [6.45, 7) is 7.44. The maximum Gasteiger partial charge on any atom is 0.338 e. The molecule has 3 unspecified atom stereocenters. The molecule has 2 rings (SSSR count). The van der Waals surface area contributed by atoms with E-state index in [4.69, 9.17) is 14.7 Å². The van der Waals surface area contributed by atoms with Gasteiger partial charge < -0.3 is 9.47 Å². The third-order valence-electron chi connectivity index (χ3n) is 4.42. The predicted molar refractivity (Wildman–Crippen MR) is 83.2 cm³/mol. The minimum atomic E-state index is -0.841. The fourth-order valence-electron chi connectivity index (χ4n) is 3.00. The summed E-state index contributed by atoms with van der Waals surface area (Å²) in [4.78, 5) is 24.2. The molecule has 0 amide bonds. The largest absolute Gasteiger partial charge is 0.469 e. The molecule has 0 bridgehead atoms. The number of ether oxygens (including phenoxy) is 2. The van der Waals surface area contributed by atoms with E-state index in [-0.39, 0.29) is 17.5 Å². The second kappa shape index (κ2) is 6.25. The standard InChI is InChI=1S/C18H19NO4/c1-11(10-19)15(13-14(17(21)22-4)18(13,2)3)23-16(20)12-8-6-5-7-9-12/h5-9,13-15H,1H2,2-4H3. The van der Waals surface area contributed by atoms with E-state index in [1.165, 1.54) is 7.11 Å². The number of esters is 2. The highest BCUT2D eigenvalue weighted by Crippen LogP contribution is 2.61. The Balaban J connectivity index is 2.23. The zero-order valence-electron chi connectivity index (χ0n) is 13.4. The van der Waals surface area contributed by atoms with Gasteiger partial charge in [0.15, 0.2) is 0 Å².